The van der Waals surface area contributed by atoms with Crippen molar-refractivity contribution < 1.29 is 18.8 Å². The summed E-state index contributed by atoms with van der Waals surface area (Å²) < 4.78 is 10.6. The molecule has 1 saturated heterocycles. The van der Waals surface area contributed by atoms with Gasteiger partial charge in [0.25, 0.3) is 5.89 Å². The number of anilines is 1. The first kappa shape index (κ1) is 23.3. The molecule has 1 aliphatic rings. The molecular formula is C28H26N4O4. The molecule has 5 rings (SSSR count). The first-order valence-corrected chi connectivity index (χ1v) is 11.7. The van der Waals surface area contributed by atoms with Crippen molar-refractivity contribution in [2.24, 2.45) is 5.92 Å². The maximum atomic E-state index is 12.8. The molecule has 0 saturated carbocycles. The van der Waals surface area contributed by atoms with Crippen molar-refractivity contribution in [3.8, 4) is 28.6 Å². The lowest BCUT2D eigenvalue weighted by Crippen LogP contribution is -2.28. The van der Waals surface area contributed by atoms with E-state index in [1.165, 1.54) is 0 Å². The Balaban J connectivity index is 1.19. The molecule has 8 heteroatoms. The molecule has 1 fully saturated rings. The Kier molecular flexibility index (Phi) is 6.49. The molecule has 182 valence electrons. The summed E-state index contributed by atoms with van der Waals surface area (Å²) in [5.74, 6) is 1.09. The van der Waals surface area contributed by atoms with Crippen molar-refractivity contribution in [1.29, 1.82) is 0 Å². The minimum atomic E-state index is -0.400. The monoisotopic (exact) mass is 482 g/mol. The molecule has 4 aromatic rings. The largest absolute Gasteiger partial charge is 0.497 e. The highest BCUT2D eigenvalue weighted by molar-refractivity contribution is 5.97. The highest BCUT2D eigenvalue weighted by Crippen LogP contribution is 2.26. The van der Waals surface area contributed by atoms with E-state index < -0.39 is 5.92 Å². The van der Waals surface area contributed by atoms with E-state index in [1.807, 2.05) is 67.6 Å². The van der Waals surface area contributed by atoms with Crippen LogP contribution < -0.4 is 10.1 Å². The van der Waals surface area contributed by atoms with E-state index in [9.17, 15) is 9.59 Å². The standard InChI is InChI=1S/C28H26N4O4/c1-18-3-7-20(8-4-18)26-30-28(36-31-26)21-9-11-23(12-10-21)29-27(34)22-15-25(33)32(17-22)16-19-5-13-24(35-2)14-6-19/h3-14,22H,15-17H2,1-2H3,(H,29,34). The van der Waals surface area contributed by atoms with E-state index in [-0.39, 0.29) is 18.2 Å². The topological polar surface area (TPSA) is 97.6 Å². The van der Waals surface area contributed by atoms with E-state index in [0.29, 0.717) is 30.5 Å². The molecule has 2 heterocycles. The van der Waals surface area contributed by atoms with Gasteiger partial charge in [-0.15, -0.1) is 0 Å². The van der Waals surface area contributed by atoms with Crippen LogP contribution in [0.1, 0.15) is 17.5 Å². The van der Waals surface area contributed by atoms with Crippen LogP contribution >= 0.6 is 0 Å². The SMILES string of the molecule is COc1ccc(CN2CC(C(=O)Nc3ccc(-c4nc(-c5ccc(C)cc5)no4)cc3)CC2=O)cc1. The zero-order chi connectivity index (χ0) is 25.1. The summed E-state index contributed by atoms with van der Waals surface area (Å²) in [6.45, 7) is 2.88. The summed E-state index contributed by atoms with van der Waals surface area (Å²) >= 11 is 0. The highest BCUT2D eigenvalue weighted by Gasteiger charge is 2.34. The van der Waals surface area contributed by atoms with Gasteiger partial charge in [0.2, 0.25) is 17.6 Å². The molecular weight excluding hydrogens is 456 g/mol. The van der Waals surface area contributed by atoms with Gasteiger partial charge in [0.15, 0.2) is 0 Å². The van der Waals surface area contributed by atoms with Gasteiger partial charge in [-0.25, -0.2) is 0 Å². The molecule has 1 N–H and O–H groups in total. The van der Waals surface area contributed by atoms with E-state index in [1.54, 1.807) is 24.1 Å². The van der Waals surface area contributed by atoms with Crippen LogP contribution in [0.25, 0.3) is 22.8 Å². The summed E-state index contributed by atoms with van der Waals surface area (Å²) in [5.41, 5.74) is 4.43. The first-order chi connectivity index (χ1) is 17.5. The number of nitrogens with zero attached hydrogens (tertiary/aromatic N) is 3. The van der Waals surface area contributed by atoms with E-state index in [2.05, 4.69) is 15.5 Å². The summed E-state index contributed by atoms with van der Waals surface area (Å²) in [7, 11) is 1.61. The number of hydrogen-bond acceptors (Lipinski definition) is 6. The van der Waals surface area contributed by atoms with Gasteiger partial charge >= 0.3 is 0 Å². The summed E-state index contributed by atoms with van der Waals surface area (Å²) in [5, 5.41) is 6.99. The second-order valence-electron chi connectivity index (χ2n) is 8.88. The Bertz CT molecular complexity index is 1360. The number of rotatable bonds is 7. The summed E-state index contributed by atoms with van der Waals surface area (Å²) in [6.07, 6.45) is 0.198. The number of benzene rings is 3. The van der Waals surface area contributed by atoms with Gasteiger partial charge < -0.3 is 19.5 Å². The summed E-state index contributed by atoms with van der Waals surface area (Å²) in [6, 6.07) is 22.7. The van der Waals surface area contributed by atoms with Gasteiger partial charge in [-0.05, 0) is 48.9 Å². The number of nitrogens with one attached hydrogen (secondary N) is 1. The van der Waals surface area contributed by atoms with Crippen LogP contribution in [0.5, 0.6) is 5.75 Å². The van der Waals surface area contributed by atoms with Crippen LogP contribution in [-0.2, 0) is 16.1 Å². The lowest BCUT2D eigenvalue weighted by molar-refractivity contribution is -0.128. The van der Waals surface area contributed by atoms with Crippen LogP contribution in [0.2, 0.25) is 0 Å². The molecule has 1 unspecified atom stereocenters. The Morgan fingerprint density at radius 1 is 1.03 bits per heavy atom. The van der Waals surface area contributed by atoms with Gasteiger partial charge in [-0.2, -0.15) is 4.98 Å². The number of amides is 2. The number of methoxy groups -OCH3 is 1. The zero-order valence-corrected chi connectivity index (χ0v) is 20.1. The fraction of sp³-hybridized carbons (Fsp3) is 0.214. The minimum Gasteiger partial charge on any atom is -0.497 e. The molecule has 8 nitrogen and oxygen atoms in total. The second-order valence-corrected chi connectivity index (χ2v) is 8.88. The third kappa shape index (κ3) is 5.12. The van der Waals surface area contributed by atoms with Crippen molar-refractivity contribution in [3.63, 3.8) is 0 Å². The van der Waals surface area contributed by atoms with Crippen LogP contribution in [0.15, 0.2) is 77.3 Å². The van der Waals surface area contributed by atoms with Crippen molar-refractivity contribution in [2.45, 2.75) is 19.9 Å². The number of carbonyl (C=O) groups is 2. The molecule has 0 bridgehead atoms. The maximum Gasteiger partial charge on any atom is 0.258 e. The molecule has 1 aliphatic heterocycles. The average molecular weight is 483 g/mol. The lowest BCUT2D eigenvalue weighted by Gasteiger charge is -2.17. The number of ether oxygens (including phenoxy) is 1. The molecule has 36 heavy (non-hydrogen) atoms. The third-order valence-electron chi connectivity index (χ3n) is 6.25. The number of aryl methyl sites for hydroxylation is 1. The molecule has 0 spiro atoms. The average Bonchev–Trinajstić information content (AvgIpc) is 3.53. The van der Waals surface area contributed by atoms with Crippen molar-refractivity contribution in [3.05, 3.63) is 83.9 Å². The quantitative estimate of drug-likeness (QED) is 0.410. The van der Waals surface area contributed by atoms with Gasteiger partial charge in [0, 0.05) is 36.3 Å². The second kappa shape index (κ2) is 10.0. The first-order valence-electron chi connectivity index (χ1n) is 11.7. The lowest BCUT2D eigenvalue weighted by atomic mass is 10.1. The highest BCUT2D eigenvalue weighted by atomic mass is 16.5. The Labute approximate surface area is 208 Å². The van der Waals surface area contributed by atoms with Crippen molar-refractivity contribution in [1.82, 2.24) is 15.0 Å². The summed E-state index contributed by atoms with van der Waals surface area (Å²) in [4.78, 5) is 31.5. The van der Waals surface area contributed by atoms with Crippen LogP contribution in [-0.4, -0.2) is 40.5 Å². The van der Waals surface area contributed by atoms with Crippen LogP contribution in [0.4, 0.5) is 5.69 Å². The fourth-order valence-corrected chi connectivity index (χ4v) is 4.15. The van der Waals surface area contributed by atoms with E-state index in [0.717, 1.165) is 28.0 Å². The number of carbonyl (C=O) groups excluding carboxylic acids is 2. The van der Waals surface area contributed by atoms with Gasteiger partial charge in [0.05, 0.1) is 13.0 Å². The molecule has 1 atom stereocenters. The molecule has 0 radical (unpaired) electrons. The Morgan fingerprint density at radius 2 is 1.72 bits per heavy atom. The predicted molar refractivity (Wildman–Crippen MR) is 135 cm³/mol. The van der Waals surface area contributed by atoms with Gasteiger partial charge in [-0.1, -0.05) is 47.1 Å². The Hall–Kier alpha value is -4.46. The molecule has 2 amide bonds. The van der Waals surface area contributed by atoms with Crippen molar-refractivity contribution in [2.75, 3.05) is 19.0 Å². The predicted octanol–water partition coefficient (Wildman–Crippen LogP) is 4.71. The number of hydrogen-bond donors (Lipinski definition) is 1. The molecule has 3 aromatic carbocycles. The maximum absolute atomic E-state index is 12.8. The molecule has 1 aromatic heterocycles. The number of aromatic nitrogens is 2. The zero-order valence-electron chi connectivity index (χ0n) is 20.1. The molecule has 0 aliphatic carbocycles. The van der Waals surface area contributed by atoms with Gasteiger partial charge in [-0.3, -0.25) is 9.59 Å². The fourth-order valence-electron chi connectivity index (χ4n) is 4.15. The van der Waals surface area contributed by atoms with Crippen molar-refractivity contribution >= 4 is 17.5 Å². The van der Waals surface area contributed by atoms with Crippen LogP contribution in [0, 0.1) is 12.8 Å². The Morgan fingerprint density at radius 3 is 2.42 bits per heavy atom. The minimum absolute atomic E-state index is 0.0258. The third-order valence-corrected chi connectivity index (χ3v) is 6.25. The van der Waals surface area contributed by atoms with E-state index >= 15 is 0 Å². The smallest absolute Gasteiger partial charge is 0.258 e. The number of likely N-dealkylation sites (tertiary alicyclic amines) is 1. The van der Waals surface area contributed by atoms with Crippen LogP contribution in [0.3, 0.4) is 0 Å². The van der Waals surface area contributed by atoms with Gasteiger partial charge in [0.1, 0.15) is 5.75 Å². The normalized spacial score (nSPS) is 15.2. The van der Waals surface area contributed by atoms with E-state index in [4.69, 9.17) is 9.26 Å².